The zero-order valence-electron chi connectivity index (χ0n) is 18.1. The largest absolute Gasteiger partial charge is 0.394 e. The van der Waals surface area contributed by atoms with E-state index in [1.165, 1.54) is 0 Å². The van der Waals surface area contributed by atoms with E-state index in [4.69, 9.17) is 4.74 Å². The van der Waals surface area contributed by atoms with Gasteiger partial charge >= 0.3 is 0 Å². The molecule has 1 aliphatic rings. The maximum absolute atomic E-state index is 12.5. The van der Waals surface area contributed by atoms with E-state index in [2.05, 4.69) is 10.6 Å². The molecule has 3 aromatic rings. The number of hydrogen-bond acceptors (Lipinski definition) is 4. The second-order valence-corrected chi connectivity index (χ2v) is 7.84. The Hall–Kier alpha value is -3.74. The summed E-state index contributed by atoms with van der Waals surface area (Å²) in [5.74, 6) is -0.442. The number of aliphatic hydroxyl groups is 1. The molecule has 3 N–H and O–H groups in total. The molecule has 0 fully saturated rings. The Bertz CT molecular complexity index is 1100. The minimum atomic E-state index is -0.634. The van der Waals surface area contributed by atoms with Crippen molar-refractivity contribution in [3.8, 4) is 11.1 Å². The molecule has 0 saturated carbocycles. The van der Waals surface area contributed by atoms with E-state index in [1.807, 2.05) is 60.7 Å². The molecule has 0 radical (unpaired) electrons. The van der Waals surface area contributed by atoms with Crippen molar-refractivity contribution in [3.63, 3.8) is 0 Å². The van der Waals surface area contributed by atoms with E-state index in [9.17, 15) is 14.7 Å². The highest BCUT2D eigenvalue weighted by atomic mass is 16.5. The van der Waals surface area contributed by atoms with Crippen LogP contribution in [0.5, 0.6) is 0 Å². The van der Waals surface area contributed by atoms with E-state index >= 15 is 0 Å². The molecule has 6 nitrogen and oxygen atoms in total. The fourth-order valence-electron chi connectivity index (χ4n) is 3.73. The zero-order chi connectivity index (χ0) is 23.0. The van der Waals surface area contributed by atoms with E-state index in [-0.39, 0.29) is 24.8 Å². The van der Waals surface area contributed by atoms with E-state index < -0.39 is 18.2 Å². The van der Waals surface area contributed by atoms with Crippen molar-refractivity contribution in [1.29, 1.82) is 0 Å². The Balaban J connectivity index is 1.32. The van der Waals surface area contributed by atoms with Gasteiger partial charge in [0, 0.05) is 11.3 Å². The average molecular weight is 443 g/mol. The van der Waals surface area contributed by atoms with Crippen LogP contribution in [0.1, 0.15) is 16.8 Å². The van der Waals surface area contributed by atoms with Crippen LogP contribution in [0.25, 0.3) is 11.1 Å². The molecule has 1 heterocycles. The molecular weight excluding hydrogens is 416 g/mol. The first-order valence-electron chi connectivity index (χ1n) is 10.9. The smallest absolute Gasteiger partial charge is 0.251 e. The SMILES string of the molecule is O=C(C[C@H]1C=C[C@H](NC(=O)c2ccccc2)[C@@H](CO)O1)Nc1ccc(-c2ccccc2)cc1. The van der Waals surface area contributed by atoms with Crippen LogP contribution in [-0.2, 0) is 9.53 Å². The van der Waals surface area contributed by atoms with Gasteiger partial charge in [0.1, 0.15) is 6.10 Å². The lowest BCUT2D eigenvalue weighted by Crippen LogP contribution is -2.48. The monoisotopic (exact) mass is 442 g/mol. The fraction of sp³-hybridized carbons (Fsp3) is 0.185. The average Bonchev–Trinajstić information content (AvgIpc) is 2.86. The number of ether oxygens (including phenoxy) is 1. The van der Waals surface area contributed by atoms with Crippen LogP contribution in [-0.4, -0.2) is 41.8 Å². The van der Waals surface area contributed by atoms with Gasteiger partial charge < -0.3 is 20.5 Å². The lowest BCUT2D eigenvalue weighted by Gasteiger charge is -2.31. The van der Waals surface area contributed by atoms with E-state index in [0.29, 0.717) is 11.3 Å². The normalized spacial score (nSPS) is 19.6. The third-order valence-electron chi connectivity index (χ3n) is 5.46. The van der Waals surface area contributed by atoms with E-state index in [1.54, 1.807) is 36.4 Å². The third-order valence-corrected chi connectivity index (χ3v) is 5.46. The fourth-order valence-corrected chi connectivity index (χ4v) is 3.73. The molecular formula is C27H26N2O4. The first-order chi connectivity index (χ1) is 16.1. The molecule has 2 amide bonds. The molecule has 33 heavy (non-hydrogen) atoms. The van der Waals surface area contributed by atoms with E-state index in [0.717, 1.165) is 11.1 Å². The number of carbonyl (C=O) groups excluding carboxylic acids is 2. The van der Waals surface area contributed by atoms with Crippen LogP contribution in [0, 0.1) is 0 Å². The standard InChI is InChI=1S/C27H26N2O4/c30-18-25-24(29-27(32)21-9-5-2-6-10-21)16-15-23(33-25)17-26(31)28-22-13-11-20(12-14-22)19-7-3-1-4-8-19/h1-16,23-25,30H,17-18H2,(H,28,31)(H,29,32)/t23-,24+,25-/m1/s1. The quantitative estimate of drug-likeness (QED) is 0.486. The predicted molar refractivity (Wildman–Crippen MR) is 128 cm³/mol. The molecule has 6 heteroatoms. The molecule has 0 saturated heterocycles. The Morgan fingerprint density at radius 3 is 2.12 bits per heavy atom. The first kappa shape index (κ1) is 22.5. The second kappa shape index (κ2) is 10.7. The molecule has 0 aromatic heterocycles. The molecule has 4 rings (SSSR count). The molecule has 0 bridgehead atoms. The van der Waals surface area contributed by atoms with Gasteiger partial charge in [-0.2, -0.15) is 0 Å². The molecule has 3 aromatic carbocycles. The van der Waals surface area contributed by atoms with Crippen molar-refractivity contribution in [3.05, 3.63) is 103 Å². The highest BCUT2D eigenvalue weighted by molar-refractivity contribution is 5.94. The lowest BCUT2D eigenvalue weighted by molar-refractivity contribution is -0.120. The van der Waals surface area contributed by atoms with Gasteiger partial charge in [-0.05, 0) is 35.4 Å². The van der Waals surface area contributed by atoms with Crippen molar-refractivity contribution in [2.45, 2.75) is 24.7 Å². The summed E-state index contributed by atoms with van der Waals surface area (Å²) in [6, 6.07) is 26.0. The molecule has 0 spiro atoms. The topological polar surface area (TPSA) is 87.7 Å². The second-order valence-electron chi connectivity index (χ2n) is 7.84. The summed E-state index contributed by atoms with van der Waals surface area (Å²) >= 11 is 0. The summed E-state index contributed by atoms with van der Waals surface area (Å²) < 4.78 is 5.86. The van der Waals surface area contributed by atoms with Crippen LogP contribution in [0.2, 0.25) is 0 Å². The highest BCUT2D eigenvalue weighted by Gasteiger charge is 2.29. The van der Waals surface area contributed by atoms with Crippen molar-refractivity contribution >= 4 is 17.5 Å². The lowest BCUT2D eigenvalue weighted by atomic mass is 10.0. The number of carbonyl (C=O) groups is 2. The third kappa shape index (κ3) is 5.94. The maximum Gasteiger partial charge on any atom is 0.251 e. The van der Waals surface area contributed by atoms with Gasteiger partial charge in [-0.1, -0.05) is 72.8 Å². The number of hydrogen-bond donors (Lipinski definition) is 3. The van der Waals surface area contributed by atoms with Crippen LogP contribution < -0.4 is 10.6 Å². The first-order valence-corrected chi connectivity index (χ1v) is 10.9. The summed E-state index contributed by atoms with van der Waals surface area (Å²) in [5.41, 5.74) is 3.41. The van der Waals surface area contributed by atoms with Crippen molar-refractivity contribution in [2.75, 3.05) is 11.9 Å². The van der Waals surface area contributed by atoms with Crippen LogP contribution in [0.15, 0.2) is 97.1 Å². The van der Waals surface area contributed by atoms with Crippen molar-refractivity contribution in [2.24, 2.45) is 0 Å². The highest BCUT2D eigenvalue weighted by Crippen LogP contribution is 2.22. The molecule has 3 atom stereocenters. The van der Waals surface area contributed by atoms with Crippen LogP contribution >= 0.6 is 0 Å². The number of aliphatic hydroxyl groups excluding tert-OH is 1. The number of amides is 2. The number of rotatable bonds is 7. The summed E-state index contributed by atoms with van der Waals surface area (Å²) in [5, 5.41) is 15.5. The molecule has 0 aliphatic carbocycles. The maximum atomic E-state index is 12.5. The number of nitrogens with one attached hydrogen (secondary N) is 2. The van der Waals surface area contributed by atoms with Gasteiger partial charge in [-0.15, -0.1) is 0 Å². The molecule has 1 aliphatic heterocycles. The Labute approximate surface area is 192 Å². The van der Waals surface area contributed by atoms with Gasteiger partial charge in [0.15, 0.2) is 0 Å². The number of anilines is 1. The van der Waals surface area contributed by atoms with Gasteiger partial charge in [-0.3, -0.25) is 9.59 Å². The van der Waals surface area contributed by atoms with Crippen molar-refractivity contribution < 1.29 is 19.4 Å². The Kier molecular flexibility index (Phi) is 7.29. The summed E-state index contributed by atoms with van der Waals surface area (Å²) in [6.45, 7) is -0.275. The predicted octanol–water partition coefficient (Wildman–Crippen LogP) is 3.80. The molecule has 168 valence electrons. The van der Waals surface area contributed by atoms with Gasteiger partial charge in [0.05, 0.1) is 25.2 Å². The minimum absolute atomic E-state index is 0.104. The van der Waals surface area contributed by atoms with Gasteiger partial charge in [-0.25, -0.2) is 0 Å². The minimum Gasteiger partial charge on any atom is -0.394 e. The van der Waals surface area contributed by atoms with Gasteiger partial charge in [0.25, 0.3) is 5.91 Å². The van der Waals surface area contributed by atoms with Crippen molar-refractivity contribution in [1.82, 2.24) is 5.32 Å². The Morgan fingerprint density at radius 2 is 1.45 bits per heavy atom. The van der Waals surface area contributed by atoms with Crippen LogP contribution in [0.3, 0.4) is 0 Å². The summed E-state index contributed by atoms with van der Waals surface area (Å²) in [7, 11) is 0. The van der Waals surface area contributed by atoms with Crippen LogP contribution in [0.4, 0.5) is 5.69 Å². The summed E-state index contributed by atoms with van der Waals surface area (Å²) in [6.07, 6.45) is 2.51. The summed E-state index contributed by atoms with van der Waals surface area (Å²) in [4.78, 5) is 24.9. The Morgan fingerprint density at radius 1 is 0.818 bits per heavy atom. The van der Waals surface area contributed by atoms with Gasteiger partial charge in [0.2, 0.25) is 5.91 Å². The zero-order valence-corrected chi connectivity index (χ0v) is 18.1. The number of benzene rings is 3. The molecule has 0 unspecified atom stereocenters.